The first-order valence-corrected chi connectivity index (χ1v) is 13.3. The molecule has 0 fully saturated rings. The molecule has 0 saturated carbocycles. The Morgan fingerprint density at radius 3 is 1.10 bits per heavy atom. The van der Waals surface area contributed by atoms with Crippen molar-refractivity contribution in [1.29, 1.82) is 0 Å². The van der Waals surface area contributed by atoms with E-state index in [9.17, 15) is 25.2 Å². The van der Waals surface area contributed by atoms with Crippen molar-refractivity contribution in [1.82, 2.24) is 0 Å². The number of rotatable bonds is 3. The maximum atomic E-state index is 10.4. The van der Waals surface area contributed by atoms with Gasteiger partial charge < -0.3 is 35.7 Å². The number of carbonyl (C=O) groups is 1. The van der Waals surface area contributed by atoms with E-state index in [1.165, 1.54) is 12.1 Å². The molecule has 0 amide bonds. The Morgan fingerprint density at radius 2 is 0.810 bits per heavy atom. The van der Waals surface area contributed by atoms with E-state index >= 15 is 0 Å². The largest absolute Gasteiger partial charge is 0.508 e. The number of carboxylic acid groups (broad SMARTS) is 1. The normalized spacial score (nSPS) is 10.8. The molecule has 210 valence electrons. The molecule has 0 aromatic heterocycles. The summed E-state index contributed by atoms with van der Waals surface area (Å²) in [6.45, 7) is 0. The van der Waals surface area contributed by atoms with Gasteiger partial charge >= 0.3 is 5.97 Å². The van der Waals surface area contributed by atoms with Crippen LogP contribution in [-0.2, 0) is 0 Å². The Morgan fingerprint density at radius 1 is 0.500 bits per heavy atom. The van der Waals surface area contributed by atoms with Crippen LogP contribution in [0.15, 0.2) is 102 Å². The molecule has 0 atom stereocenters. The highest BCUT2D eigenvalue weighted by Gasteiger charge is 2.18. The van der Waals surface area contributed by atoms with E-state index in [1.807, 2.05) is 48.5 Å². The SMILES string of the molecule is O=C(O)c1cc(O)c(Br)c(O)c1.Oc1cc(O)cc(-c2c3ccccc3c(-c3cc(O)cc(O)c3)c3ccccc23)c1. The molecule has 0 spiro atoms. The van der Waals surface area contributed by atoms with Crippen LogP contribution in [0.25, 0.3) is 43.8 Å². The zero-order chi connectivity index (χ0) is 30.1. The van der Waals surface area contributed by atoms with Crippen LogP contribution in [0.4, 0.5) is 0 Å². The second-order valence-electron chi connectivity index (χ2n) is 9.45. The molecule has 0 radical (unpaired) electrons. The van der Waals surface area contributed by atoms with Gasteiger partial charge in [-0.3, -0.25) is 0 Å². The maximum Gasteiger partial charge on any atom is 0.335 e. The number of hydrogen-bond donors (Lipinski definition) is 7. The summed E-state index contributed by atoms with van der Waals surface area (Å²) in [4.78, 5) is 10.4. The fraction of sp³-hybridized carbons (Fsp3) is 0. The molecule has 42 heavy (non-hydrogen) atoms. The number of aromatic carboxylic acids is 1. The van der Waals surface area contributed by atoms with Gasteiger partial charge in [0, 0.05) is 12.1 Å². The Bertz CT molecular complexity index is 1770. The van der Waals surface area contributed by atoms with Gasteiger partial charge in [0.05, 0.1) is 5.56 Å². The van der Waals surface area contributed by atoms with Crippen LogP contribution >= 0.6 is 15.9 Å². The summed E-state index contributed by atoms with van der Waals surface area (Å²) in [6.07, 6.45) is 0. The Hall–Kier alpha value is -5.41. The highest BCUT2D eigenvalue weighted by molar-refractivity contribution is 9.10. The first-order valence-electron chi connectivity index (χ1n) is 12.5. The lowest BCUT2D eigenvalue weighted by Gasteiger charge is -2.18. The van der Waals surface area contributed by atoms with Gasteiger partial charge in [-0.2, -0.15) is 0 Å². The van der Waals surface area contributed by atoms with Crippen LogP contribution in [0.3, 0.4) is 0 Å². The van der Waals surface area contributed by atoms with E-state index in [-0.39, 0.29) is 44.5 Å². The van der Waals surface area contributed by atoms with Gasteiger partial charge in [-0.1, -0.05) is 48.5 Å². The third-order valence-corrected chi connectivity index (χ3v) is 7.41. The molecular weight excluding hydrogens is 604 g/mol. The number of fused-ring (bicyclic) bond motifs is 2. The van der Waals surface area contributed by atoms with Crippen molar-refractivity contribution < 1.29 is 40.5 Å². The predicted molar refractivity (Wildman–Crippen MR) is 163 cm³/mol. The Balaban J connectivity index is 0.000000248. The molecule has 7 N–H and O–H groups in total. The second kappa shape index (κ2) is 11.2. The van der Waals surface area contributed by atoms with Crippen molar-refractivity contribution in [2.24, 2.45) is 0 Å². The molecule has 0 heterocycles. The Labute approximate surface area is 247 Å². The van der Waals surface area contributed by atoms with Gasteiger partial charge in [-0.05, 0) is 96.1 Å². The second-order valence-corrected chi connectivity index (χ2v) is 10.2. The average molecular weight is 627 g/mol. The van der Waals surface area contributed by atoms with E-state index in [2.05, 4.69) is 15.9 Å². The lowest BCUT2D eigenvalue weighted by molar-refractivity contribution is 0.0695. The smallest absolute Gasteiger partial charge is 0.335 e. The number of hydrogen-bond acceptors (Lipinski definition) is 7. The molecule has 6 aromatic carbocycles. The highest BCUT2D eigenvalue weighted by Crippen LogP contribution is 2.45. The van der Waals surface area contributed by atoms with Crippen molar-refractivity contribution in [3.05, 3.63) is 107 Å². The molecule has 0 aliphatic rings. The third kappa shape index (κ3) is 5.45. The fourth-order valence-electron chi connectivity index (χ4n) is 4.95. The van der Waals surface area contributed by atoms with E-state index in [0.29, 0.717) is 11.1 Å². The lowest BCUT2D eigenvalue weighted by Crippen LogP contribution is -1.95. The van der Waals surface area contributed by atoms with Crippen LogP contribution in [0.5, 0.6) is 34.5 Å². The summed E-state index contributed by atoms with van der Waals surface area (Å²) >= 11 is 2.87. The lowest BCUT2D eigenvalue weighted by atomic mass is 9.86. The minimum absolute atomic E-state index is 0.0138. The van der Waals surface area contributed by atoms with Crippen molar-refractivity contribution in [3.8, 4) is 56.8 Å². The molecule has 0 bridgehead atoms. The standard InChI is InChI=1S/C26H18O4.C7H5BrO4/c27-17-9-15(10-18(28)13-17)25-21-5-1-2-6-22(21)26(24-8-4-3-7-23(24)25)16-11-19(29)14-20(30)12-16;8-6-4(9)1-3(7(11)12)2-5(6)10/h1-14,27-30H;1-2,9-10H,(H,11,12). The number of halogens is 1. The van der Waals surface area contributed by atoms with E-state index in [1.54, 1.807) is 24.3 Å². The first-order chi connectivity index (χ1) is 20.0. The van der Waals surface area contributed by atoms with Gasteiger partial charge in [-0.25, -0.2) is 4.79 Å². The predicted octanol–water partition coefficient (Wildman–Crippen LogP) is 7.71. The van der Waals surface area contributed by atoms with E-state index < -0.39 is 5.97 Å². The summed E-state index contributed by atoms with van der Waals surface area (Å²) in [5, 5.41) is 70.6. The third-order valence-electron chi connectivity index (χ3n) is 6.60. The van der Waals surface area contributed by atoms with Crippen LogP contribution in [0, 0.1) is 0 Å². The van der Waals surface area contributed by atoms with E-state index in [0.717, 1.165) is 44.8 Å². The van der Waals surface area contributed by atoms with Crippen molar-refractivity contribution in [3.63, 3.8) is 0 Å². The number of phenols is 6. The average Bonchev–Trinajstić information content (AvgIpc) is 2.93. The summed E-state index contributed by atoms with van der Waals surface area (Å²) in [5.74, 6) is -1.85. The van der Waals surface area contributed by atoms with E-state index in [4.69, 9.17) is 15.3 Å². The van der Waals surface area contributed by atoms with Crippen molar-refractivity contribution >= 4 is 43.4 Å². The first kappa shape index (κ1) is 28.1. The quantitative estimate of drug-likeness (QED) is 0.0983. The number of benzene rings is 6. The fourth-order valence-corrected chi connectivity index (χ4v) is 5.18. The molecule has 6 rings (SSSR count). The number of phenolic OH excluding ortho intramolecular Hbond substituents is 6. The molecule has 6 aromatic rings. The van der Waals surface area contributed by atoms with Gasteiger partial charge in [0.25, 0.3) is 0 Å². The van der Waals surface area contributed by atoms with Crippen LogP contribution in [0.1, 0.15) is 10.4 Å². The van der Waals surface area contributed by atoms with Gasteiger partial charge in [-0.15, -0.1) is 0 Å². The minimum atomic E-state index is -1.20. The van der Waals surface area contributed by atoms with Gasteiger partial charge in [0.15, 0.2) is 0 Å². The monoisotopic (exact) mass is 626 g/mol. The molecule has 8 nitrogen and oxygen atoms in total. The number of aromatic hydroxyl groups is 6. The summed E-state index contributed by atoms with van der Waals surface area (Å²) in [7, 11) is 0. The highest BCUT2D eigenvalue weighted by atomic mass is 79.9. The maximum absolute atomic E-state index is 10.4. The minimum Gasteiger partial charge on any atom is -0.508 e. The van der Waals surface area contributed by atoms with Gasteiger partial charge in [0.1, 0.15) is 39.0 Å². The number of carboxylic acids is 1. The zero-order valence-electron chi connectivity index (χ0n) is 21.7. The van der Waals surface area contributed by atoms with Crippen LogP contribution < -0.4 is 0 Å². The molecule has 9 heteroatoms. The topological polar surface area (TPSA) is 159 Å². The summed E-state index contributed by atoms with van der Waals surface area (Å²) < 4.78 is 0.0903. The summed E-state index contributed by atoms with van der Waals surface area (Å²) in [5.41, 5.74) is 3.02. The van der Waals surface area contributed by atoms with Gasteiger partial charge in [0.2, 0.25) is 0 Å². The zero-order valence-corrected chi connectivity index (χ0v) is 23.2. The summed E-state index contributed by atoms with van der Waals surface area (Å²) in [6, 6.07) is 26.9. The molecule has 0 unspecified atom stereocenters. The van der Waals surface area contributed by atoms with Crippen molar-refractivity contribution in [2.75, 3.05) is 0 Å². The molecule has 0 saturated heterocycles. The molecular formula is C33H23BrO8. The van der Waals surface area contributed by atoms with Crippen molar-refractivity contribution in [2.45, 2.75) is 0 Å². The molecule has 0 aliphatic carbocycles. The van der Waals surface area contributed by atoms with Crippen LogP contribution in [0.2, 0.25) is 0 Å². The Kier molecular flexibility index (Phi) is 7.52. The van der Waals surface area contributed by atoms with Crippen LogP contribution in [-0.4, -0.2) is 41.7 Å². The molecule has 0 aliphatic heterocycles.